The molecule has 88 valence electrons. The molecule has 4 nitrogen and oxygen atoms in total. The standard InChI is InChI=1S/C11H22N2O2/c1-11(6-3-9(12)4-7-11)13-10(14)5-8-15-2/h9H,3-8,12H2,1-2H3,(H,13,14). The van der Waals surface area contributed by atoms with Crippen LogP contribution < -0.4 is 11.1 Å². The number of hydrogen-bond acceptors (Lipinski definition) is 3. The largest absolute Gasteiger partial charge is 0.384 e. The van der Waals surface area contributed by atoms with Gasteiger partial charge in [0.2, 0.25) is 5.91 Å². The Kier molecular flexibility index (Phi) is 4.54. The van der Waals surface area contributed by atoms with Gasteiger partial charge in [-0.3, -0.25) is 4.79 Å². The van der Waals surface area contributed by atoms with Crippen molar-refractivity contribution in [3.05, 3.63) is 0 Å². The molecule has 1 aliphatic carbocycles. The quantitative estimate of drug-likeness (QED) is 0.727. The molecule has 0 aromatic rings. The van der Waals surface area contributed by atoms with Crippen molar-refractivity contribution in [2.24, 2.45) is 5.73 Å². The fourth-order valence-corrected chi connectivity index (χ4v) is 2.00. The van der Waals surface area contributed by atoms with Crippen LogP contribution in [0, 0.1) is 0 Å². The Hall–Kier alpha value is -0.610. The van der Waals surface area contributed by atoms with Crippen LogP contribution >= 0.6 is 0 Å². The van der Waals surface area contributed by atoms with Crippen molar-refractivity contribution in [2.75, 3.05) is 13.7 Å². The molecule has 0 heterocycles. The molecule has 0 aromatic heterocycles. The minimum absolute atomic E-state index is 0.0549. The number of carbonyl (C=O) groups excluding carboxylic acids is 1. The van der Waals surface area contributed by atoms with Crippen molar-refractivity contribution in [2.45, 2.75) is 50.6 Å². The molecule has 0 bridgehead atoms. The van der Waals surface area contributed by atoms with E-state index in [1.807, 2.05) is 0 Å². The van der Waals surface area contributed by atoms with Crippen LogP contribution in [0.5, 0.6) is 0 Å². The van der Waals surface area contributed by atoms with Crippen LogP contribution in [0.3, 0.4) is 0 Å². The van der Waals surface area contributed by atoms with E-state index in [4.69, 9.17) is 10.5 Å². The third kappa shape index (κ3) is 4.18. The maximum atomic E-state index is 11.5. The Morgan fingerprint density at radius 3 is 2.67 bits per heavy atom. The third-order valence-corrected chi connectivity index (χ3v) is 3.11. The average molecular weight is 214 g/mol. The molecule has 0 atom stereocenters. The zero-order valence-electron chi connectivity index (χ0n) is 9.71. The highest BCUT2D eigenvalue weighted by Crippen LogP contribution is 2.27. The second-order valence-corrected chi connectivity index (χ2v) is 4.69. The van der Waals surface area contributed by atoms with E-state index in [1.54, 1.807) is 7.11 Å². The Morgan fingerprint density at radius 1 is 1.53 bits per heavy atom. The van der Waals surface area contributed by atoms with Crippen molar-refractivity contribution in [3.63, 3.8) is 0 Å². The van der Waals surface area contributed by atoms with E-state index in [-0.39, 0.29) is 11.4 Å². The van der Waals surface area contributed by atoms with E-state index in [1.165, 1.54) is 0 Å². The normalized spacial score (nSPS) is 31.3. The molecular formula is C11H22N2O2. The highest BCUT2D eigenvalue weighted by Gasteiger charge is 2.30. The van der Waals surface area contributed by atoms with E-state index >= 15 is 0 Å². The molecule has 3 N–H and O–H groups in total. The summed E-state index contributed by atoms with van der Waals surface area (Å²) in [6.07, 6.45) is 4.40. The zero-order valence-corrected chi connectivity index (χ0v) is 9.71. The van der Waals surface area contributed by atoms with E-state index in [0.29, 0.717) is 19.1 Å². The van der Waals surface area contributed by atoms with Gasteiger partial charge in [-0.25, -0.2) is 0 Å². The number of carbonyl (C=O) groups is 1. The Bertz CT molecular complexity index is 211. The number of nitrogens with two attached hydrogens (primary N) is 1. The lowest BCUT2D eigenvalue weighted by atomic mass is 9.81. The Labute approximate surface area is 91.5 Å². The Morgan fingerprint density at radius 2 is 2.13 bits per heavy atom. The molecule has 1 rings (SSSR count). The van der Waals surface area contributed by atoms with Gasteiger partial charge in [-0.15, -0.1) is 0 Å². The summed E-state index contributed by atoms with van der Waals surface area (Å²) in [6, 6.07) is 0.314. The number of ether oxygens (including phenoxy) is 1. The average Bonchev–Trinajstić information content (AvgIpc) is 2.20. The van der Waals surface area contributed by atoms with Gasteiger partial charge in [-0.05, 0) is 32.6 Å². The van der Waals surface area contributed by atoms with Gasteiger partial charge in [0.1, 0.15) is 0 Å². The summed E-state index contributed by atoms with van der Waals surface area (Å²) in [5.74, 6) is 0.0785. The molecule has 0 aromatic carbocycles. The molecule has 1 aliphatic rings. The number of methoxy groups -OCH3 is 1. The maximum absolute atomic E-state index is 11.5. The van der Waals surface area contributed by atoms with Crippen LogP contribution in [0.1, 0.15) is 39.0 Å². The van der Waals surface area contributed by atoms with Crippen LogP contribution in [0.25, 0.3) is 0 Å². The smallest absolute Gasteiger partial charge is 0.222 e. The predicted octanol–water partition coefficient (Wildman–Crippen LogP) is 0.799. The summed E-state index contributed by atoms with van der Waals surface area (Å²) in [7, 11) is 1.61. The molecular weight excluding hydrogens is 192 g/mol. The monoisotopic (exact) mass is 214 g/mol. The summed E-state index contributed by atoms with van der Waals surface area (Å²) >= 11 is 0. The molecule has 15 heavy (non-hydrogen) atoms. The van der Waals surface area contributed by atoms with E-state index < -0.39 is 0 Å². The molecule has 0 aliphatic heterocycles. The second kappa shape index (κ2) is 5.47. The fourth-order valence-electron chi connectivity index (χ4n) is 2.00. The Balaban J connectivity index is 2.32. The molecule has 4 heteroatoms. The molecule has 0 radical (unpaired) electrons. The van der Waals surface area contributed by atoms with Gasteiger partial charge in [-0.1, -0.05) is 0 Å². The van der Waals surface area contributed by atoms with E-state index in [2.05, 4.69) is 12.2 Å². The fraction of sp³-hybridized carbons (Fsp3) is 0.909. The van der Waals surface area contributed by atoms with Gasteiger partial charge in [0.05, 0.1) is 6.61 Å². The highest BCUT2D eigenvalue weighted by atomic mass is 16.5. The van der Waals surface area contributed by atoms with Crippen molar-refractivity contribution >= 4 is 5.91 Å². The first kappa shape index (κ1) is 12.5. The van der Waals surface area contributed by atoms with Crippen molar-refractivity contribution < 1.29 is 9.53 Å². The number of hydrogen-bond donors (Lipinski definition) is 2. The number of amides is 1. The third-order valence-electron chi connectivity index (χ3n) is 3.11. The van der Waals surface area contributed by atoms with Crippen LogP contribution in [0.15, 0.2) is 0 Å². The summed E-state index contributed by atoms with van der Waals surface area (Å²) in [5.41, 5.74) is 5.78. The van der Waals surface area contributed by atoms with Crippen LogP contribution in [0.4, 0.5) is 0 Å². The highest BCUT2D eigenvalue weighted by molar-refractivity contribution is 5.76. The lowest BCUT2D eigenvalue weighted by Gasteiger charge is -2.37. The molecule has 0 spiro atoms. The second-order valence-electron chi connectivity index (χ2n) is 4.69. The van der Waals surface area contributed by atoms with Crippen molar-refractivity contribution in [3.8, 4) is 0 Å². The first-order valence-electron chi connectivity index (χ1n) is 5.61. The van der Waals surface area contributed by atoms with Gasteiger partial charge in [0.15, 0.2) is 0 Å². The number of nitrogens with one attached hydrogen (secondary N) is 1. The maximum Gasteiger partial charge on any atom is 0.222 e. The first-order valence-corrected chi connectivity index (χ1v) is 5.61. The van der Waals surface area contributed by atoms with Crippen molar-refractivity contribution in [1.82, 2.24) is 5.32 Å². The minimum Gasteiger partial charge on any atom is -0.384 e. The van der Waals surface area contributed by atoms with E-state index in [9.17, 15) is 4.79 Å². The summed E-state index contributed by atoms with van der Waals surface area (Å²) in [4.78, 5) is 11.5. The van der Waals surface area contributed by atoms with Gasteiger partial charge in [0, 0.05) is 25.1 Å². The van der Waals surface area contributed by atoms with Crippen molar-refractivity contribution in [1.29, 1.82) is 0 Å². The summed E-state index contributed by atoms with van der Waals surface area (Å²) in [5, 5.41) is 3.08. The number of rotatable bonds is 4. The minimum atomic E-state index is -0.0549. The van der Waals surface area contributed by atoms with Crippen LogP contribution in [-0.2, 0) is 9.53 Å². The molecule has 1 fully saturated rings. The summed E-state index contributed by atoms with van der Waals surface area (Å²) in [6.45, 7) is 2.59. The van der Waals surface area contributed by atoms with Crippen LogP contribution in [0.2, 0.25) is 0 Å². The molecule has 0 saturated heterocycles. The lowest BCUT2D eigenvalue weighted by molar-refractivity contribution is -0.124. The lowest BCUT2D eigenvalue weighted by Crippen LogP contribution is -2.50. The van der Waals surface area contributed by atoms with E-state index in [0.717, 1.165) is 25.7 Å². The van der Waals surface area contributed by atoms with Gasteiger partial charge < -0.3 is 15.8 Å². The topological polar surface area (TPSA) is 64.3 Å². The van der Waals surface area contributed by atoms with Gasteiger partial charge in [0.25, 0.3) is 0 Å². The molecule has 0 unspecified atom stereocenters. The van der Waals surface area contributed by atoms with Crippen LogP contribution in [-0.4, -0.2) is 31.2 Å². The predicted molar refractivity (Wildman–Crippen MR) is 59.5 cm³/mol. The molecule has 1 amide bonds. The zero-order chi connectivity index (χ0) is 11.3. The van der Waals surface area contributed by atoms with Gasteiger partial charge in [-0.2, -0.15) is 0 Å². The molecule has 1 saturated carbocycles. The summed E-state index contributed by atoms with van der Waals surface area (Å²) < 4.78 is 4.87. The SMILES string of the molecule is COCCC(=O)NC1(C)CCC(N)CC1. The van der Waals surface area contributed by atoms with Gasteiger partial charge >= 0.3 is 0 Å². The first-order chi connectivity index (χ1) is 7.06.